The Hall–Kier alpha value is -3.30. The van der Waals surface area contributed by atoms with Crippen LogP contribution < -0.4 is 0 Å². The fourth-order valence-corrected chi connectivity index (χ4v) is 13.8. The lowest BCUT2D eigenvalue weighted by Gasteiger charge is -2.54. The summed E-state index contributed by atoms with van der Waals surface area (Å²) in [5, 5.41) is -0.411. The maximum Gasteiger partial charge on any atom is 0.192 e. The summed E-state index contributed by atoms with van der Waals surface area (Å²) in [5.41, 5.74) is 3.65. The van der Waals surface area contributed by atoms with Gasteiger partial charge in [0.2, 0.25) is 0 Å². The van der Waals surface area contributed by atoms with Crippen molar-refractivity contribution in [2.75, 3.05) is 13.2 Å². The molecule has 10 atom stereocenters. The number of rotatable bonds is 24. The van der Waals surface area contributed by atoms with Crippen LogP contribution in [0.5, 0.6) is 0 Å². The molecule has 0 amide bonds. The molecule has 5 aromatic carbocycles. The van der Waals surface area contributed by atoms with E-state index in [0.29, 0.717) is 26.4 Å². The minimum Gasteiger partial charge on any atom is -0.408 e. The highest BCUT2D eigenvalue weighted by molar-refractivity contribution is 7.99. The maximum atomic E-state index is 7.79. The minimum absolute atomic E-state index is 0.0715. The molecule has 0 aliphatic carbocycles. The predicted octanol–water partition coefficient (Wildman–Crippen LogP) is 15.4. The van der Waals surface area contributed by atoms with Crippen molar-refractivity contribution in [3.05, 3.63) is 174 Å². The smallest absolute Gasteiger partial charge is 0.192 e. The molecule has 0 bridgehead atoms. The molecule has 0 saturated carbocycles. The van der Waals surface area contributed by atoms with Gasteiger partial charge < -0.3 is 46.4 Å². The van der Waals surface area contributed by atoms with E-state index in [9.17, 15) is 0 Å². The van der Waals surface area contributed by atoms with Crippen molar-refractivity contribution in [3.8, 4) is 0 Å². The second-order valence-electron chi connectivity index (χ2n) is 25.7. The van der Waals surface area contributed by atoms with Gasteiger partial charge in [-0.2, -0.15) is 0 Å². The Labute approximate surface area is 476 Å². The molecule has 0 radical (unpaired) electrons. The van der Waals surface area contributed by atoms with Gasteiger partial charge in [0.1, 0.15) is 54.3 Å². The van der Waals surface area contributed by atoms with Gasteiger partial charge in [0.05, 0.1) is 39.6 Å². The second-order valence-corrected chi connectivity index (χ2v) is 41.1. The lowest BCUT2D eigenvalue weighted by atomic mass is 9.98. The molecule has 2 aliphatic heterocycles. The summed E-state index contributed by atoms with van der Waals surface area (Å²) in [4.78, 5) is 1.04. The van der Waals surface area contributed by atoms with Crippen molar-refractivity contribution in [2.45, 2.75) is 209 Å². The van der Waals surface area contributed by atoms with Gasteiger partial charge in [-0.1, -0.05) is 214 Å². The van der Waals surface area contributed by atoms with Crippen LogP contribution >= 0.6 is 11.8 Å². The molecule has 2 fully saturated rings. The third-order valence-electron chi connectivity index (χ3n) is 16.6. The summed E-state index contributed by atoms with van der Waals surface area (Å²) in [6.07, 6.45) is -5.82. The second kappa shape index (κ2) is 27.2. The van der Waals surface area contributed by atoms with Crippen LogP contribution in [0, 0.1) is 0 Å². The minimum atomic E-state index is -2.60. The molecular weight excluding hydrogens is 1050 g/mol. The molecule has 2 saturated heterocycles. The van der Waals surface area contributed by atoms with Crippen molar-refractivity contribution in [2.24, 2.45) is 0 Å². The monoisotopic (exact) mass is 1140 g/mol. The van der Waals surface area contributed by atoms with Crippen molar-refractivity contribution < 1.29 is 46.4 Å². The van der Waals surface area contributed by atoms with E-state index < -0.39 is 85.5 Å². The Balaban J connectivity index is 1.34. The predicted molar refractivity (Wildman–Crippen MR) is 323 cm³/mol. The van der Waals surface area contributed by atoms with E-state index in [2.05, 4.69) is 162 Å². The Kier molecular flexibility index (Phi) is 21.7. The quantitative estimate of drug-likeness (QED) is 0.0553. The summed E-state index contributed by atoms with van der Waals surface area (Å²) in [6, 6.07) is 51.4. The fourth-order valence-electron chi connectivity index (χ4n) is 8.76. The molecule has 0 aromatic heterocycles. The molecule has 10 nitrogen and oxygen atoms in total. The normalized spacial score (nSPS) is 24.8. The van der Waals surface area contributed by atoms with Crippen molar-refractivity contribution >= 4 is 36.7 Å². The highest BCUT2D eigenvalue weighted by atomic mass is 32.2. The molecule has 78 heavy (non-hydrogen) atoms. The molecular formula is C64H92O10SSi3. The van der Waals surface area contributed by atoms with Gasteiger partial charge in [-0.05, 0) is 88.8 Å². The average molecular weight is 1140 g/mol. The molecule has 7 rings (SSSR count). The van der Waals surface area contributed by atoms with Gasteiger partial charge in [-0.25, -0.2) is 0 Å². The SMILES string of the molecule is CC(C)(C)[Si](C)(C)O[C@H]1[C@@H](O[Si](C)(C)C(C)(C)C)[C@@H](COCc2ccccc2)O[C@H](OC[C@H]2O[C@@H](Sc3ccccc3)[C@H](OCc3ccccc3)[C@@H](OCc3ccccc3)[C@@H]2OCc2ccccc2)[C@@H]1O[Si](C)(C)C(C)(C)C. The molecule has 426 valence electrons. The molecule has 0 N–H and O–H groups in total. The van der Waals surface area contributed by atoms with Crippen LogP contribution in [0.15, 0.2) is 157 Å². The number of ether oxygens (including phenoxy) is 7. The van der Waals surface area contributed by atoms with Crippen LogP contribution in [0.3, 0.4) is 0 Å². The van der Waals surface area contributed by atoms with Crippen molar-refractivity contribution in [3.63, 3.8) is 0 Å². The Morgan fingerprint density at radius 1 is 0.372 bits per heavy atom. The number of hydrogen-bond donors (Lipinski definition) is 0. The lowest BCUT2D eigenvalue weighted by molar-refractivity contribution is -0.311. The molecule has 2 aliphatic rings. The summed E-state index contributed by atoms with van der Waals surface area (Å²) >= 11 is 1.62. The summed E-state index contributed by atoms with van der Waals surface area (Å²) in [6.45, 7) is 36.0. The highest BCUT2D eigenvalue weighted by Crippen LogP contribution is 2.47. The first-order valence-electron chi connectivity index (χ1n) is 28.1. The van der Waals surface area contributed by atoms with E-state index in [1.54, 1.807) is 11.8 Å². The number of benzene rings is 5. The highest BCUT2D eigenvalue weighted by Gasteiger charge is 2.58. The van der Waals surface area contributed by atoms with E-state index in [-0.39, 0.29) is 28.3 Å². The van der Waals surface area contributed by atoms with Crippen molar-refractivity contribution in [1.82, 2.24) is 0 Å². The van der Waals surface area contributed by atoms with Gasteiger partial charge >= 0.3 is 0 Å². The maximum absolute atomic E-state index is 7.79. The van der Waals surface area contributed by atoms with Crippen LogP contribution in [0.4, 0.5) is 0 Å². The van der Waals surface area contributed by atoms with Gasteiger partial charge in [-0.3, -0.25) is 0 Å². The van der Waals surface area contributed by atoms with Crippen LogP contribution in [-0.2, 0) is 72.9 Å². The first kappa shape index (κ1) is 62.3. The fraction of sp³-hybridized carbons (Fsp3) is 0.531. The van der Waals surface area contributed by atoms with Crippen LogP contribution in [0.1, 0.15) is 84.6 Å². The Bertz CT molecular complexity index is 2520. The lowest BCUT2D eigenvalue weighted by Crippen LogP contribution is -2.68. The van der Waals surface area contributed by atoms with Gasteiger partial charge in [0, 0.05) is 4.90 Å². The molecule has 14 heteroatoms. The topological polar surface area (TPSA) is 92.3 Å². The third-order valence-corrected chi connectivity index (χ3v) is 31.1. The van der Waals surface area contributed by atoms with Crippen LogP contribution in [-0.4, -0.2) is 98.7 Å². The Morgan fingerprint density at radius 3 is 1.17 bits per heavy atom. The first-order chi connectivity index (χ1) is 36.8. The summed E-state index contributed by atoms with van der Waals surface area (Å²) in [7, 11) is -7.66. The van der Waals surface area contributed by atoms with Crippen LogP contribution in [0.25, 0.3) is 0 Å². The van der Waals surface area contributed by atoms with Gasteiger partial charge in [0.25, 0.3) is 0 Å². The number of thioether (sulfide) groups is 1. The zero-order valence-corrected chi connectivity index (χ0v) is 53.3. The molecule has 5 aromatic rings. The third kappa shape index (κ3) is 16.9. The molecule has 0 spiro atoms. The average Bonchev–Trinajstić information content (AvgIpc) is 3.59. The summed E-state index contributed by atoms with van der Waals surface area (Å²) < 4.78 is 73.5. The van der Waals surface area contributed by atoms with E-state index in [1.807, 2.05) is 91.0 Å². The van der Waals surface area contributed by atoms with E-state index in [0.717, 1.165) is 27.1 Å². The first-order valence-corrected chi connectivity index (χ1v) is 37.7. The zero-order chi connectivity index (χ0) is 56.4. The van der Waals surface area contributed by atoms with Crippen LogP contribution in [0.2, 0.25) is 54.4 Å². The zero-order valence-electron chi connectivity index (χ0n) is 49.4. The summed E-state index contributed by atoms with van der Waals surface area (Å²) in [5.74, 6) is 0. The van der Waals surface area contributed by atoms with E-state index in [1.165, 1.54) is 0 Å². The van der Waals surface area contributed by atoms with Gasteiger partial charge in [-0.15, -0.1) is 0 Å². The van der Waals surface area contributed by atoms with E-state index >= 15 is 0 Å². The van der Waals surface area contributed by atoms with Crippen molar-refractivity contribution in [1.29, 1.82) is 0 Å². The van der Waals surface area contributed by atoms with E-state index in [4.69, 9.17) is 46.4 Å². The largest absolute Gasteiger partial charge is 0.408 e. The Morgan fingerprint density at radius 2 is 0.731 bits per heavy atom. The number of hydrogen-bond acceptors (Lipinski definition) is 11. The molecule has 2 heterocycles. The van der Waals surface area contributed by atoms with Gasteiger partial charge in [0.15, 0.2) is 31.2 Å². The standard InChI is InChI=1S/C64H92O10SSi3/c1-62(2,3)76(10,11)72-55-52(45-65-41-47-31-21-16-22-32-47)70-60(58(74-78(14,15)64(7,8)9)57(55)73-77(12,13)63(4,5)6)69-46-53-54(66-42-48-33-23-17-24-34-48)56(67-43-49-35-25-18-26-36-49)59(68-44-50-37-27-19-28-38-50)61(71-53)75-51-39-29-20-30-40-51/h16-40,52-61H,41-46H2,1-15H3/t52-,53-,54-,55+,56+,57+,58-,59-,60+,61+/m1/s1. The molecule has 0 unspecified atom stereocenters.